The van der Waals surface area contributed by atoms with Crippen LogP contribution in [-0.2, 0) is 4.74 Å². The van der Waals surface area contributed by atoms with Gasteiger partial charge in [-0.3, -0.25) is 9.36 Å². The molecule has 0 saturated heterocycles. The third kappa shape index (κ3) is 4.25. The maximum Gasteiger partial charge on any atom is 0.343 e. The van der Waals surface area contributed by atoms with E-state index in [0.717, 1.165) is 0 Å². The smallest absolute Gasteiger partial charge is 0.343 e. The lowest BCUT2D eigenvalue weighted by Gasteiger charge is -2.10. The van der Waals surface area contributed by atoms with Crippen LogP contribution in [0.1, 0.15) is 32.1 Å². The van der Waals surface area contributed by atoms with Gasteiger partial charge in [-0.25, -0.2) is 9.78 Å². The van der Waals surface area contributed by atoms with E-state index < -0.39 is 5.97 Å². The summed E-state index contributed by atoms with van der Waals surface area (Å²) in [7, 11) is 0. The summed E-state index contributed by atoms with van der Waals surface area (Å²) in [6.45, 7) is 0. The summed E-state index contributed by atoms with van der Waals surface area (Å²) in [5.41, 5.74) is 1.67. The van der Waals surface area contributed by atoms with Crippen molar-refractivity contribution in [2.75, 3.05) is 0 Å². The number of aromatic nitrogens is 2. The summed E-state index contributed by atoms with van der Waals surface area (Å²) in [6.07, 6.45) is 4.72. The number of nitrogens with zero attached hydrogens (tertiary/aromatic N) is 2. The van der Waals surface area contributed by atoms with Gasteiger partial charge in [0.15, 0.2) is 0 Å². The van der Waals surface area contributed by atoms with Crippen molar-refractivity contribution in [1.82, 2.24) is 9.55 Å². The fourth-order valence-corrected chi connectivity index (χ4v) is 2.94. The number of benzene rings is 3. The molecule has 0 bridgehead atoms. The Hall–Kier alpha value is -4.25. The summed E-state index contributed by atoms with van der Waals surface area (Å²) in [5, 5.41) is 0. The van der Waals surface area contributed by atoms with Crippen LogP contribution in [0.5, 0.6) is 0 Å². The largest absolute Gasteiger partial charge is 0.422 e. The molecule has 146 valence electrons. The molecular weight excluding hydrogens is 376 g/mol. The van der Waals surface area contributed by atoms with Crippen LogP contribution in [-0.4, -0.2) is 21.4 Å². The van der Waals surface area contributed by atoms with E-state index >= 15 is 0 Å². The third-order valence-electron chi connectivity index (χ3n) is 4.44. The first kappa shape index (κ1) is 19.1. The number of ether oxygens (including phenoxy) is 1. The highest BCUT2D eigenvalue weighted by Gasteiger charge is 2.16. The second kappa shape index (κ2) is 8.84. The Balaban J connectivity index is 1.71. The van der Waals surface area contributed by atoms with Crippen molar-refractivity contribution in [3.05, 3.63) is 126 Å². The summed E-state index contributed by atoms with van der Waals surface area (Å²) in [4.78, 5) is 29.8. The van der Waals surface area contributed by atoms with Crippen LogP contribution in [0.25, 0.3) is 11.8 Å². The molecule has 0 N–H and O–H groups in total. The SMILES string of the molecule is O=C(OC(=Cc1nccn1C(=O)c1ccccc1)c1ccccc1)c1ccccc1. The molecular formula is C25H18N2O3. The predicted molar refractivity (Wildman–Crippen MR) is 115 cm³/mol. The van der Waals surface area contributed by atoms with E-state index in [4.69, 9.17) is 4.74 Å². The van der Waals surface area contributed by atoms with E-state index in [1.165, 1.54) is 10.8 Å². The Labute approximate surface area is 173 Å². The number of hydrogen-bond donors (Lipinski definition) is 0. The first-order valence-electron chi connectivity index (χ1n) is 9.40. The lowest BCUT2D eigenvalue weighted by atomic mass is 10.1. The predicted octanol–water partition coefficient (Wildman–Crippen LogP) is 4.93. The van der Waals surface area contributed by atoms with Gasteiger partial charge in [-0.15, -0.1) is 0 Å². The topological polar surface area (TPSA) is 61.2 Å². The van der Waals surface area contributed by atoms with E-state index in [-0.39, 0.29) is 5.91 Å². The Bertz CT molecular complexity index is 1180. The number of imidazole rings is 1. The van der Waals surface area contributed by atoms with E-state index in [9.17, 15) is 9.59 Å². The van der Waals surface area contributed by atoms with Crippen LogP contribution in [0.4, 0.5) is 0 Å². The van der Waals surface area contributed by atoms with Gasteiger partial charge in [0.05, 0.1) is 5.56 Å². The van der Waals surface area contributed by atoms with E-state index in [2.05, 4.69) is 4.98 Å². The molecule has 4 aromatic rings. The molecule has 3 aromatic carbocycles. The molecule has 0 radical (unpaired) electrons. The second-order valence-electron chi connectivity index (χ2n) is 6.46. The quantitative estimate of drug-likeness (QED) is 0.356. The first-order valence-corrected chi connectivity index (χ1v) is 9.40. The molecule has 1 heterocycles. The molecule has 0 aliphatic heterocycles. The second-order valence-corrected chi connectivity index (χ2v) is 6.46. The molecule has 0 atom stereocenters. The van der Waals surface area contributed by atoms with Crippen LogP contribution >= 0.6 is 0 Å². The normalized spacial score (nSPS) is 11.1. The van der Waals surface area contributed by atoms with Crippen molar-refractivity contribution in [2.24, 2.45) is 0 Å². The fraction of sp³-hybridized carbons (Fsp3) is 0. The van der Waals surface area contributed by atoms with Gasteiger partial charge < -0.3 is 4.74 Å². The average molecular weight is 394 g/mol. The van der Waals surface area contributed by atoms with Crippen LogP contribution in [0.2, 0.25) is 0 Å². The van der Waals surface area contributed by atoms with Crippen LogP contribution in [0, 0.1) is 0 Å². The zero-order valence-electron chi connectivity index (χ0n) is 16.0. The molecule has 5 heteroatoms. The highest BCUT2D eigenvalue weighted by molar-refractivity contribution is 5.98. The van der Waals surface area contributed by atoms with Crippen LogP contribution in [0.15, 0.2) is 103 Å². The summed E-state index contributed by atoms with van der Waals surface area (Å²) in [5.74, 6) is -0.0410. The van der Waals surface area contributed by atoms with Gasteiger partial charge >= 0.3 is 5.97 Å². The molecule has 1 aromatic heterocycles. The number of carbonyl (C=O) groups excluding carboxylic acids is 2. The maximum atomic E-state index is 12.9. The van der Waals surface area contributed by atoms with E-state index in [1.54, 1.807) is 60.8 Å². The first-order chi connectivity index (χ1) is 14.7. The molecule has 0 amide bonds. The molecule has 4 rings (SSSR count). The number of esters is 1. The molecule has 0 spiro atoms. The molecule has 30 heavy (non-hydrogen) atoms. The zero-order valence-corrected chi connectivity index (χ0v) is 16.0. The number of carbonyl (C=O) groups is 2. The Morgan fingerprint density at radius 3 is 1.87 bits per heavy atom. The van der Waals surface area contributed by atoms with Gasteiger partial charge in [-0.05, 0) is 24.3 Å². The highest BCUT2D eigenvalue weighted by Crippen LogP contribution is 2.21. The fourth-order valence-electron chi connectivity index (χ4n) is 2.94. The minimum absolute atomic E-state index is 0.221. The van der Waals surface area contributed by atoms with Crippen molar-refractivity contribution in [2.45, 2.75) is 0 Å². The monoisotopic (exact) mass is 394 g/mol. The van der Waals surface area contributed by atoms with Gasteiger partial charge in [0.2, 0.25) is 0 Å². The minimum atomic E-state index is -0.488. The Kier molecular flexibility index (Phi) is 5.62. The maximum absolute atomic E-state index is 12.9. The minimum Gasteiger partial charge on any atom is -0.422 e. The van der Waals surface area contributed by atoms with Crippen molar-refractivity contribution >= 4 is 23.7 Å². The summed E-state index contributed by atoms with van der Waals surface area (Å²) >= 11 is 0. The highest BCUT2D eigenvalue weighted by atomic mass is 16.5. The Morgan fingerprint density at radius 1 is 0.733 bits per heavy atom. The van der Waals surface area contributed by atoms with Crippen LogP contribution in [0.3, 0.4) is 0 Å². The van der Waals surface area contributed by atoms with Gasteiger partial charge in [0.25, 0.3) is 5.91 Å². The van der Waals surface area contributed by atoms with E-state index in [1.807, 2.05) is 42.5 Å². The summed E-state index contributed by atoms with van der Waals surface area (Å²) < 4.78 is 7.12. The molecule has 0 aliphatic carbocycles. The van der Waals surface area contributed by atoms with Crippen molar-refractivity contribution in [3.8, 4) is 0 Å². The average Bonchev–Trinajstić information content (AvgIpc) is 3.28. The van der Waals surface area contributed by atoms with Gasteiger partial charge in [0.1, 0.15) is 11.6 Å². The number of hydrogen-bond acceptors (Lipinski definition) is 4. The van der Waals surface area contributed by atoms with Crippen LogP contribution < -0.4 is 0 Å². The van der Waals surface area contributed by atoms with Crippen molar-refractivity contribution in [3.63, 3.8) is 0 Å². The van der Waals surface area contributed by atoms with Crippen molar-refractivity contribution < 1.29 is 14.3 Å². The summed E-state index contributed by atoms with van der Waals surface area (Å²) in [6, 6.07) is 26.9. The molecule has 0 aliphatic rings. The molecule has 0 unspecified atom stereocenters. The van der Waals surface area contributed by atoms with Gasteiger partial charge in [0, 0.05) is 29.6 Å². The van der Waals surface area contributed by atoms with Crippen molar-refractivity contribution in [1.29, 1.82) is 0 Å². The lowest BCUT2D eigenvalue weighted by molar-refractivity contribution is 0.0693. The van der Waals surface area contributed by atoms with Gasteiger partial charge in [-0.2, -0.15) is 0 Å². The Morgan fingerprint density at radius 2 is 1.27 bits per heavy atom. The number of rotatable bonds is 5. The molecule has 5 nitrogen and oxygen atoms in total. The third-order valence-corrected chi connectivity index (χ3v) is 4.44. The molecule has 0 fully saturated rings. The zero-order chi connectivity index (χ0) is 20.8. The van der Waals surface area contributed by atoms with E-state index in [0.29, 0.717) is 28.3 Å². The molecule has 0 saturated carbocycles. The standard InChI is InChI=1S/C25H18N2O3/c28-24(20-12-6-2-7-13-20)27-17-16-26-23(27)18-22(19-10-4-1-5-11-19)30-25(29)21-14-8-3-9-15-21/h1-18H. The van der Waals surface area contributed by atoms with Gasteiger partial charge in [-0.1, -0.05) is 66.7 Å². The lowest BCUT2D eigenvalue weighted by Crippen LogP contribution is -2.13.